The number of carboxylic acid groups (broad SMARTS) is 1. The van der Waals surface area contributed by atoms with E-state index in [1.807, 2.05) is 37.3 Å². The maximum absolute atomic E-state index is 11.8. The van der Waals surface area contributed by atoms with E-state index in [-0.39, 0.29) is 12.3 Å². The summed E-state index contributed by atoms with van der Waals surface area (Å²) in [5.41, 5.74) is 6.09. The van der Waals surface area contributed by atoms with E-state index in [2.05, 4.69) is 58.5 Å². The van der Waals surface area contributed by atoms with Crippen LogP contribution in [0.2, 0.25) is 0 Å². The Hall–Kier alpha value is -3.42. The van der Waals surface area contributed by atoms with Crippen molar-refractivity contribution in [2.24, 2.45) is 0 Å². The minimum Gasteiger partial charge on any atom is -0.481 e. The number of aliphatic carboxylic acids is 1. The van der Waals surface area contributed by atoms with Gasteiger partial charge in [-0.2, -0.15) is 0 Å². The van der Waals surface area contributed by atoms with Crippen LogP contribution in [0.1, 0.15) is 48.2 Å². The van der Waals surface area contributed by atoms with Gasteiger partial charge in [-0.15, -0.1) is 11.3 Å². The van der Waals surface area contributed by atoms with E-state index in [1.54, 1.807) is 11.3 Å². The van der Waals surface area contributed by atoms with Gasteiger partial charge < -0.3 is 20.1 Å². The number of nitrogens with zero attached hydrogens (tertiary/aromatic N) is 2. The van der Waals surface area contributed by atoms with Crippen molar-refractivity contribution in [3.63, 3.8) is 0 Å². The van der Waals surface area contributed by atoms with Gasteiger partial charge in [-0.1, -0.05) is 36.4 Å². The van der Waals surface area contributed by atoms with Crippen molar-refractivity contribution in [1.82, 2.24) is 4.98 Å². The Balaban J connectivity index is 1.58. The Labute approximate surface area is 221 Å². The van der Waals surface area contributed by atoms with Gasteiger partial charge in [-0.25, -0.2) is 4.98 Å². The molecular formula is C30H33N3O3S. The zero-order chi connectivity index (χ0) is 25.8. The van der Waals surface area contributed by atoms with E-state index >= 15 is 0 Å². The average molecular weight is 516 g/mol. The number of thiazole rings is 1. The van der Waals surface area contributed by atoms with Crippen LogP contribution in [0.25, 0.3) is 10.2 Å². The van der Waals surface area contributed by atoms with E-state index in [9.17, 15) is 9.90 Å². The molecule has 3 aromatic carbocycles. The number of hydrogen-bond acceptors (Lipinski definition) is 6. The average Bonchev–Trinajstić information content (AvgIpc) is 3.29. The molecule has 5 rings (SSSR count). The van der Waals surface area contributed by atoms with Gasteiger partial charge in [0, 0.05) is 37.4 Å². The third-order valence-electron chi connectivity index (χ3n) is 7.06. The molecule has 37 heavy (non-hydrogen) atoms. The SMILES string of the molecule is CCN(c1ccc(C(CC(=O)O)c2ccccc2)cc1Nc1ccc2nc(C)sc2c1)C1CCOCC1. The number of carboxylic acids is 1. The number of anilines is 3. The van der Waals surface area contributed by atoms with Crippen molar-refractivity contribution < 1.29 is 14.6 Å². The topological polar surface area (TPSA) is 74.7 Å². The molecule has 1 unspecified atom stereocenters. The molecule has 1 atom stereocenters. The molecule has 0 amide bonds. The molecule has 2 N–H and O–H groups in total. The lowest BCUT2D eigenvalue weighted by Crippen LogP contribution is -2.39. The first kappa shape index (κ1) is 25.2. The molecule has 0 saturated carbocycles. The zero-order valence-electron chi connectivity index (χ0n) is 21.3. The first-order valence-electron chi connectivity index (χ1n) is 12.9. The fourth-order valence-corrected chi connectivity index (χ4v) is 6.17. The molecule has 192 valence electrons. The fraction of sp³-hybridized carbons (Fsp3) is 0.333. The molecule has 0 spiro atoms. The summed E-state index contributed by atoms with van der Waals surface area (Å²) in [6.07, 6.45) is 2.02. The quantitative estimate of drug-likeness (QED) is 0.251. The van der Waals surface area contributed by atoms with Crippen molar-refractivity contribution in [3.05, 3.63) is 82.9 Å². The molecule has 0 bridgehead atoms. The summed E-state index contributed by atoms with van der Waals surface area (Å²) in [5, 5.41) is 14.5. The number of carbonyl (C=O) groups is 1. The number of hydrogen-bond donors (Lipinski definition) is 2. The second kappa shape index (κ2) is 11.3. The van der Waals surface area contributed by atoms with E-state index < -0.39 is 5.97 Å². The summed E-state index contributed by atoms with van der Waals surface area (Å²) in [6, 6.07) is 23.0. The molecule has 1 aromatic heterocycles. The molecular weight excluding hydrogens is 482 g/mol. The minimum atomic E-state index is -0.809. The van der Waals surface area contributed by atoms with Gasteiger partial charge in [-0.05, 0) is 68.1 Å². The monoisotopic (exact) mass is 515 g/mol. The zero-order valence-corrected chi connectivity index (χ0v) is 22.1. The largest absolute Gasteiger partial charge is 0.481 e. The standard InChI is InChI=1S/C30H33N3O3S/c1-3-33(24-13-15-36-16-14-24)28-12-9-22(25(19-30(34)35)21-7-5-4-6-8-21)17-27(28)32-23-10-11-26-29(18-23)37-20(2)31-26/h4-12,17-18,24-25,32H,3,13-16,19H2,1-2H3,(H,34,35). The minimum absolute atomic E-state index is 0.0341. The maximum Gasteiger partial charge on any atom is 0.304 e. The van der Waals surface area contributed by atoms with Crippen LogP contribution >= 0.6 is 11.3 Å². The predicted molar refractivity (Wildman–Crippen MR) is 151 cm³/mol. The Bertz CT molecular complexity index is 1370. The highest BCUT2D eigenvalue weighted by Gasteiger charge is 2.25. The van der Waals surface area contributed by atoms with Crippen LogP contribution in [0.15, 0.2) is 66.7 Å². The summed E-state index contributed by atoms with van der Waals surface area (Å²) >= 11 is 1.69. The number of fused-ring (bicyclic) bond motifs is 1. The lowest BCUT2D eigenvalue weighted by molar-refractivity contribution is -0.137. The molecule has 0 aliphatic carbocycles. The lowest BCUT2D eigenvalue weighted by Gasteiger charge is -2.37. The lowest BCUT2D eigenvalue weighted by atomic mass is 9.88. The van der Waals surface area contributed by atoms with Gasteiger partial charge in [0.05, 0.1) is 33.0 Å². The first-order valence-corrected chi connectivity index (χ1v) is 13.7. The normalized spacial score (nSPS) is 15.0. The van der Waals surface area contributed by atoms with Crippen LogP contribution in [0.5, 0.6) is 0 Å². The number of aromatic nitrogens is 1. The number of aryl methyl sites for hydroxylation is 1. The number of nitrogens with one attached hydrogen (secondary N) is 1. The summed E-state index contributed by atoms with van der Waals surface area (Å²) in [6.45, 7) is 6.65. The Morgan fingerprint density at radius 3 is 2.62 bits per heavy atom. The van der Waals surface area contributed by atoms with Crippen LogP contribution in [0, 0.1) is 6.92 Å². The molecule has 1 saturated heterocycles. The molecule has 4 aromatic rings. The molecule has 2 heterocycles. The Kier molecular flexibility index (Phi) is 7.72. The van der Waals surface area contributed by atoms with Gasteiger partial charge in [0.25, 0.3) is 0 Å². The summed E-state index contributed by atoms with van der Waals surface area (Å²) in [4.78, 5) is 18.9. The highest BCUT2D eigenvalue weighted by Crippen LogP contribution is 2.38. The van der Waals surface area contributed by atoms with Crippen LogP contribution in [-0.2, 0) is 9.53 Å². The summed E-state index contributed by atoms with van der Waals surface area (Å²) in [7, 11) is 0. The fourth-order valence-electron chi connectivity index (χ4n) is 5.30. The summed E-state index contributed by atoms with van der Waals surface area (Å²) < 4.78 is 6.78. The van der Waals surface area contributed by atoms with Crippen molar-refractivity contribution in [2.45, 2.75) is 45.1 Å². The maximum atomic E-state index is 11.8. The molecule has 1 aliphatic heterocycles. The predicted octanol–water partition coefficient (Wildman–Crippen LogP) is 6.96. The van der Waals surface area contributed by atoms with Crippen molar-refractivity contribution >= 4 is 44.6 Å². The van der Waals surface area contributed by atoms with Gasteiger partial charge in [0.1, 0.15) is 0 Å². The molecule has 7 heteroatoms. The van der Waals surface area contributed by atoms with E-state index in [1.165, 1.54) is 0 Å². The highest BCUT2D eigenvalue weighted by atomic mass is 32.1. The molecule has 1 fully saturated rings. The molecule has 0 radical (unpaired) electrons. The third kappa shape index (κ3) is 5.78. The number of rotatable bonds is 9. The van der Waals surface area contributed by atoms with Gasteiger partial charge in [-0.3, -0.25) is 4.79 Å². The van der Waals surface area contributed by atoms with Gasteiger partial charge in [0.15, 0.2) is 0 Å². The van der Waals surface area contributed by atoms with Crippen molar-refractivity contribution in [3.8, 4) is 0 Å². The van der Waals surface area contributed by atoms with Crippen LogP contribution in [-0.4, -0.2) is 41.9 Å². The van der Waals surface area contributed by atoms with Crippen LogP contribution in [0.3, 0.4) is 0 Å². The smallest absolute Gasteiger partial charge is 0.304 e. The van der Waals surface area contributed by atoms with Crippen LogP contribution in [0.4, 0.5) is 17.1 Å². The first-order chi connectivity index (χ1) is 18.0. The number of benzene rings is 3. The van der Waals surface area contributed by atoms with E-state index in [4.69, 9.17) is 4.74 Å². The van der Waals surface area contributed by atoms with E-state index in [0.29, 0.717) is 6.04 Å². The second-order valence-corrected chi connectivity index (χ2v) is 10.7. The second-order valence-electron chi connectivity index (χ2n) is 9.51. The van der Waals surface area contributed by atoms with Gasteiger partial charge in [0.2, 0.25) is 0 Å². The Morgan fingerprint density at radius 1 is 1.11 bits per heavy atom. The van der Waals surface area contributed by atoms with E-state index in [0.717, 1.165) is 76.0 Å². The third-order valence-corrected chi connectivity index (χ3v) is 7.99. The molecule has 6 nitrogen and oxygen atoms in total. The van der Waals surface area contributed by atoms with Gasteiger partial charge >= 0.3 is 5.97 Å². The number of ether oxygens (including phenoxy) is 1. The van der Waals surface area contributed by atoms with Crippen LogP contribution < -0.4 is 10.2 Å². The van der Waals surface area contributed by atoms with Crippen molar-refractivity contribution in [1.29, 1.82) is 0 Å². The Morgan fingerprint density at radius 2 is 1.89 bits per heavy atom. The highest BCUT2D eigenvalue weighted by molar-refractivity contribution is 7.18. The molecule has 1 aliphatic rings. The van der Waals surface area contributed by atoms with Crippen molar-refractivity contribution in [2.75, 3.05) is 30.0 Å². The summed E-state index contributed by atoms with van der Waals surface area (Å²) in [5.74, 6) is -1.05.